The van der Waals surface area contributed by atoms with Gasteiger partial charge in [0, 0.05) is 30.8 Å². The molecule has 0 unspecified atom stereocenters. The first-order chi connectivity index (χ1) is 14.8. The summed E-state index contributed by atoms with van der Waals surface area (Å²) in [6.07, 6.45) is 0. The van der Waals surface area contributed by atoms with Crippen LogP contribution < -0.4 is 21.1 Å². The number of anilines is 1. The second-order valence-corrected chi connectivity index (χ2v) is 7.48. The highest BCUT2D eigenvalue weighted by atomic mass is 32.1. The number of carbonyl (C=O) groups is 3. The van der Waals surface area contributed by atoms with Crippen molar-refractivity contribution in [2.45, 2.75) is 6.92 Å². The summed E-state index contributed by atoms with van der Waals surface area (Å²) in [5, 5.41) is 13.8. The van der Waals surface area contributed by atoms with E-state index >= 15 is 0 Å². The molecule has 13 heteroatoms. The molecule has 164 valence electrons. The largest absolute Gasteiger partial charge is 0.378 e. The molecule has 1 aliphatic rings. The lowest BCUT2D eigenvalue weighted by Crippen LogP contribution is -2.46. The highest BCUT2D eigenvalue weighted by Crippen LogP contribution is 2.26. The third kappa shape index (κ3) is 5.73. The molecule has 3 N–H and O–H groups in total. The quantitative estimate of drug-likeness (QED) is 0.423. The van der Waals surface area contributed by atoms with Gasteiger partial charge >= 0.3 is 0 Å². The van der Waals surface area contributed by atoms with Gasteiger partial charge in [-0.3, -0.25) is 35.3 Å². The minimum Gasteiger partial charge on any atom is -0.378 e. The minimum absolute atomic E-state index is 0.0435. The third-order valence-electron chi connectivity index (χ3n) is 4.32. The van der Waals surface area contributed by atoms with Crippen molar-refractivity contribution in [1.82, 2.24) is 21.2 Å². The number of ether oxygens (including phenoxy) is 1. The van der Waals surface area contributed by atoms with Crippen LogP contribution in [0.5, 0.6) is 0 Å². The van der Waals surface area contributed by atoms with Crippen LogP contribution in [0.4, 0.5) is 10.8 Å². The molecule has 2 aromatic rings. The second-order valence-electron chi connectivity index (χ2n) is 6.50. The molecule has 1 fully saturated rings. The SMILES string of the molecule is Cc1nc(N2CCOCC2)sc1C(=O)NNC(=O)CNC(=O)c1cccc([N+](=O)[O-])c1. The lowest BCUT2D eigenvalue weighted by Gasteiger charge is -2.25. The van der Waals surface area contributed by atoms with Crippen molar-refractivity contribution in [2.24, 2.45) is 0 Å². The number of hydrogen-bond donors (Lipinski definition) is 3. The van der Waals surface area contributed by atoms with Gasteiger partial charge in [0.25, 0.3) is 23.4 Å². The number of amides is 3. The maximum atomic E-state index is 12.4. The van der Waals surface area contributed by atoms with Crippen molar-refractivity contribution in [3.63, 3.8) is 0 Å². The second kappa shape index (κ2) is 9.95. The standard InChI is InChI=1S/C18H20N6O6S/c1-11-15(31-18(20-11)23-5-7-30-8-6-23)17(27)22-21-14(25)10-19-16(26)12-3-2-4-13(9-12)24(28)29/h2-4,9H,5-8,10H2,1H3,(H,19,26)(H,21,25)(H,22,27). The first kappa shape index (κ1) is 22.1. The lowest BCUT2D eigenvalue weighted by molar-refractivity contribution is -0.384. The number of hydrazine groups is 1. The van der Waals surface area contributed by atoms with E-state index < -0.39 is 29.2 Å². The van der Waals surface area contributed by atoms with Gasteiger partial charge in [0.05, 0.1) is 30.4 Å². The van der Waals surface area contributed by atoms with E-state index in [9.17, 15) is 24.5 Å². The lowest BCUT2D eigenvalue weighted by atomic mass is 10.2. The van der Waals surface area contributed by atoms with Crippen molar-refractivity contribution in [2.75, 3.05) is 37.7 Å². The maximum Gasteiger partial charge on any atom is 0.281 e. The number of aromatic nitrogens is 1. The molecule has 0 spiro atoms. The number of nitrogens with zero attached hydrogens (tertiary/aromatic N) is 3. The predicted molar refractivity (Wildman–Crippen MR) is 111 cm³/mol. The summed E-state index contributed by atoms with van der Waals surface area (Å²) in [7, 11) is 0. The van der Waals surface area contributed by atoms with E-state index in [1.54, 1.807) is 6.92 Å². The molecule has 0 bridgehead atoms. The Labute approximate surface area is 180 Å². The Bertz CT molecular complexity index is 1000. The molecule has 1 saturated heterocycles. The molecular formula is C18H20N6O6S. The summed E-state index contributed by atoms with van der Waals surface area (Å²) >= 11 is 1.22. The summed E-state index contributed by atoms with van der Waals surface area (Å²) in [5.41, 5.74) is 4.86. The molecule has 1 aliphatic heterocycles. The van der Waals surface area contributed by atoms with Crippen molar-refractivity contribution < 1.29 is 24.0 Å². The molecule has 2 heterocycles. The Morgan fingerprint density at radius 2 is 1.97 bits per heavy atom. The number of nitrogens with one attached hydrogen (secondary N) is 3. The van der Waals surface area contributed by atoms with Gasteiger partial charge in [-0.15, -0.1) is 0 Å². The van der Waals surface area contributed by atoms with Crippen molar-refractivity contribution in [3.8, 4) is 0 Å². The van der Waals surface area contributed by atoms with E-state index in [1.807, 2.05) is 4.90 Å². The van der Waals surface area contributed by atoms with Crippen LogP contribution in [-0.2, 0) is 9.53 Å². The first-order valence-electron chi connectivity index (χ1n) is 9.27. The molecule has 0 atom stereocenters. The number of nitro benzene ring substituents is 1. The summed E-state index contributed by atoms with van der Waals surface area (Å²) in [4.78, 5) is 53.3. The van der Waals surface area contributed by atoms with E-state index in [4.69, 9.17) is 4.74 Å². The first-order valence-corrected chi connectivity index (χ1v) is 10.1. The highest BCUT2D eigenvalue weighted by molar-refractivity contribution is 7.17. The minimum atomic E-state index is -0.664. The molecule has 31 heavy (non-hydrogen) atoms. The maximum absolute atomic E-state index is 12.4. The van der Waals surface area contributed by atoms with Crippen LogP contribution in [-0.4, -0.2) is 60.5 Å². The van der Waals surface area contributed by atoms with E-state index in [-0.39, 0.29) is 11.3 Å². The molecule has 3 rings (SSSR count). The number of hydrogen-bond acceptors (Lipinski definition) is 9. The van der Waals surface area contributed by atoms with Gasteiger partial charge in [-0.05, 0) is 13.0 Å². The molecule has 1 aromatic carbocycles. The smallest absolute Gasteiger partial charge is 0.281 e. The summed E-state index contributed by atoms with van der Waals surface area (Å²) in [6.45, 7) is 3.85. The van der Waals surface area contributed by atoms with E-state index in [2.05, 4.69) is 21.2 Å². The van der Waals surface area contributed by atoms with Crippen molar-refractivity contribution in [3.05, 3.63) is 50.5 Å². The topological polar surface area (TPSA) is 156 Å². The van der Waals surface area contributed by atoms with Crippen LogP contribution in [0.25, 0.3) is 0 Å². The number of nitro groups is 1. The molecule has 0 saturated carbocycles. The van der Waals surface area contributed by atoms with Crippen molar-refractivity contribution in [1.29, 1.82) is 0 Å². The van der Waals surface area contributed by atoms with E-state index in [1.165, 1.54) is 29.5 Å². The fourth-order valence-electron chi connectivity index (χ4n) is 2.73. The van der Waals surface area contributed by atoms with Gasteiger partial charge in [0.1, 0.15) is 4.88 Å². The van der Waals surface area contributed by atoms with Crippen LogP contribution in [0.15, 0.2) is 24.3 Å². The number of aryl methyl sites for hydroxylation is 1. The fourth-order valence-corrected chi connectivity index (χ4v) is 3.75. The molecule has 3 amide bonds. The monoisotopic (exact) mass is 448 g/mol. The average molecular weight is 448 g/mol. The molecular weight excluding hydrogens is 428 g/mol. The summed E-state index contributed by atoms with van der Waals surface area (Å²) in [6, 6.07) is 5.12. The van der Waals surface area contributed by atoms with Gasteiger partial charge in [0.15, 0.2) is 5.13 Å². The summed E-state index contributed by atoms with van der Waals surface area (Å²) in [5.74, 6) is -1.84. The number of carbonyl (C=O) groups excluding carboxylic acids is 3. The van der Waals surface area contributed by atoms with Gasteiger partial charge in [-0.2, -0.15) is 0 Å². The van der Waals surface area contributed by atoms with Crippen LogP contribution in [0.3, 0.4) is 0 Å². The zero-order valence-corrected chi connectivity index (χ0v) is 17.4. The molecule has 0 radical (unpaired) electrons. The summed E-state index contributed by atoms with van der Waals surface area (Å²) < 4.78 is 5.30. The number of benzene rings is 1. The van der Waals surface area contributed by atoms with E-state index in [0.717, 1.165) is 6.07 Å². The number of thiazole rings is 1. The number of morpholine rings is 1. The van der Waals surface area contributed by atoms with Gasteiger partial charge in [0.2, 0.25) is 0 Å². The zero-order valence-electron chi connectivity index (χ0n) is 16.5. The Hall–Kier alpha value is -3.58. The van der Waals surface area contributed by atoms with Gasteiger partial charge < -0.3 is 15.0 Å². The molecule has 1 aromatic heterocycles. The molecule has 12 nitrogen and oxygen atoms in total. The Morgan fingerprint density at radius 3 is 2.68 bits per heavy atom. The normalized spacial score (nSPS) is 13.4. The Balaban J connectivity index is 1.49. The predicted octanol–water partition coefficient (Wildman–Crippen LogP) is 0.387. The highest BCUT2D eigenvalue weighted by Gasteiger charge is 2.21. The Morgan fingerprint density at radius 1 is 1.23 bits per heavy atom. The number of rotatable bonds is 6. The van der Waals surface area contributed by atoms with Crippen LogP contribution in [0.2, 0.25) is 0 Å². The molecule has 0 aliphatic carbocycles. The average Bonchev–Trinajstić information content (AvgIpc) is 3.18. The van der Waals surface area contributed by atoms with Crippen LogP contribution in [0.1, 0.15) is 25.7 Å². The van der Waals surface area contributed by atoms with Crippen LogP contribution in [0, 0.1) is 17.0 Å². The Kier molecular flexibility index (Phi) is 7.10. The van der Waals surface area contributed by atoms with Gasteiger partial charge in [-0.25, -0.2) is 4.98 Å². The fraction of sp³-hybridized carbons (Fsp3) is 0.333. The third-order valence-corrected chi connectivity index (χ3v) is 5.53. The van der Waals surface area contributed by atoms with Crippen LogP contribution >= 0.6 is 11.3 Å². The zero-order chi connectivity index (χ0) is 22.4. The van der Waals surface area contributed by atoms with Gasteiger partial charge in [-0.1, -0.05) is 17.4 Å². The van der Waals surface area contributed by atoms with Crippen molar-refractivity contribution >= 4 is 39.9 Å². The van der Waals surface area contributed by atoms with E-state index in [0.29, 0.717) is 42.0 Å². The number of non-ortho nitro benzene ring substituents is 1.